The van der Waals surface area contributed by atoms with Crippen LogP contribution in [0.4, 0.5) is 0 Å². The maximum Gasteiger partial charge on any atom is 0.472 e. The number of hydrogen-bond acceptors (Lipinski definition) is 15. The number of unbranched alkanes of at least 4 members (excludes halogenated alkanes) is 45. The highest BCUT2D eigenvalue weighted by Crippen LogP contribution is 2.45. The van der Waals surface area contributed by atoms with Gasteiger partial charge in [-0.2, -0.15) is 0 Å². The van der Waals surface area contributed by atoms with Gasteiger partial charge in [-0.05, 0) is 43.4 Å². The van der Waals surface area contributed by atoms with Gasteiger partial charge >= 0.3 is 39.5 Å². The Labute approximate surface area is 607 Å². The molecule has 0 spiro atoms. The van der Waals surface area contributed by atoms with Crippen LogP contribution in [0.3, 0.4) is 0 Å². The molecule has 0 heterocycles. The monoisotopic (exact) mass is 1450 g/mol. The summed E-state index contributed by atoms with van der Waals surface area (Å²) in [7, 11) is -9.91. The molecule has 6 atom stereocenters. The lowest BCUT2D eigenvalue weighted by atomic mass is 9.99. The number of phosphoric ester groups is 2. The van der Waals surface area contributed by atoms with Crippen LogP contribution in [-0.2, 0) is 65.4 Å². The molecule has 0 rings (SSSR count). The van der Waals surface area contributed by atoms with Gasteiger partial charge in [0.25, 0.3) is 0 Å². The predicted octanol–water partition coefficient (Wildman–Crippen LogP) is 23.7. The second-order valence-electron chi connectivity index (χ2n) is 30.0. The van der Waals surface area contributed by atoms with E-state index in [-0.39, 0.29) is 25.7 Å². The Kier molecular flexibility index (Phi) is 69.0. The summed E-state index contributed by atoms with van der Waals surface area (Å²) in [6, 6.07) is 0. The number of aliphatic hydroxyl groups excluding tert-OH is 1. The Balaban J connectivity index is 5.18. The average Bonchev–Trinajstić information content (AvgIpc) is 1.05. The molecule has 3 unspecified atom stereocenters. The lowest BCUT2D eigenvalue weighted by Gasteiger charge is -2.21. The number of esters is 4. The van der Waals surface area contributed by atoms with Gasteiger partial charge in [0.15, 0.2) is 12.2 Å². The highest BCUT2D eigenvalue weighted by molar-refractivity contribution is 7.47. The normalized spacial score (nSPS) is 14.3. The smallest absolute Gasteiger partial charge is 0.462 e. The fourth-order valence-electron chi connectivity index (χ4n) is 12.3. The Morgan fingerprint density at radius 2 is 0.515 bits per heavy atom. The fraction of sp³-hybridized carbons (Fsp3) is 0.950. The van der Waals surface area contributed by atoms with Crippen molar-refractivity contribution < 1.29 is 80.2 Å². The van der Waals surface area contributed by atoms with E-state index in [0.29, 0.717) is 37.5 Å². The summed E-state index contributed by atoms with van der Waals surface area (Å²) in [4.78, 5) is 72.8. The Morgan fingerprint density at radius 3 is 0.768 bits per heavy atom. The van der Waals surface area contributed by atoms with Gasteiger partial charge in [-0.3, -0.25) is 37.3 Å². The first-order valence-corrected chi connectivity index (χ1v) is 44.4. The summed E-state index contributed by atoms with van der Waals surface area (Å²) in [5, 5.41) is 10.6. The van der Waals surface area contributed by atoms with E-state index in [2.05, 4.69) is 48.5 Å². The van der Waals surface area contributed by atoms with Crippen LogP contribution in [0.15, 0.2) is 0 Å². The molecule has 0 saturated carbocycles. The van der Waals surface area contributed by atoms with Gasteiger partial charge in [-0.1, -0.05) is 363 Å². The minimum atomic E-state index is -4.96. The largest absolute Gasteiger partial charge is 0.472 e. The molecule has 0 aromatic carbocycles. The second kappa shape index (κ2) is 70.4. The van der Waals surface area contributed by atoms with E-state index in [0.717, 1.165) is 102 Å². The van der Waals surface area contributed by atoms with Crippen LogP contribution in [0.1, 0.15) is 414 Å². The molecule has 0 bridgehead atoms. The van der Waals surface area contributed by atoms with Crippen molar-refractivity contribution in [3.8, 4) is 0 Å². The van der Waals surface area contributed by atoms with Gasteiger partial charge < -0.3 is 33.8 Å². The van der Waals surface area contributed by atoms with Crippen molar-refractivity contribution >= 4 is 39.5 Å². The zero-order valence-electron chi connectivity index (χ0n) is 65.0. The molecule has 0 saturated heterocycles. The van der Waals surface area contributed by atoms with E-state index in [1.54, 1.807) is 0 Å². The van der Waals surface area contributed by atoms with Crippen molar-refractivity contribution in [3.63, 3.8) is 0 Å². The number of hydrogen-bond donors (Lipinski definition) is 3. The first-order chi connectivity index (χ1) is 47.8. The Hall–Kier alpha value is -1.94. The van der Waals surface area contributed by atoms with E-state index in [9.17, 15) is 43.2 Å². The van der Waals surface area contributed by atoms with Gasteiger partial charge in [-0.25, -0.2) is 9.13 Å². The third-order valence-electron chi connectivity index (χ3n) is 19.0. The van der Waals surface area contributed by atoms with Crippen LogP contribution < -0.4 is 0 Å². The summed E-state index contributed by atoms with van der Waals surface area (Å²) >= 11 is 0. The second-order valence-corrected chi connectivity index (χ2v) is 32.9. The number of aliphatic hydroxyl groups is 1. The molecule has 0 amide bonds. The molecule has 0 fully saturated rings. The molecule has 3 N–H and O–H groups in total. The van der Waals surface area contributed by atoms with E-state index in [4.69, 9.17) is 37.0 Å². The van der Waals surface area contributed by atoms with Crippen molar-refractivity contribution in [2.75, 3.05) is 39.6 Å². The van der Waals surface area contributed by atoms with E-state index >= 15 is 0 Å². The van der Waals surface area contributed by atoms with Crippen LogP contribution in [0.25, 0.3) is 0 Å². The van der Waals surface area contributed by atoms with Crippen LogP contribution in [0.5, 0.6) is 0 Å². The molecule has 17 nitrogen and oxygen atoms in total. The molecule has 0 aromatic rings. The van der Waals surface area contributed by atoms with Crippen LogP contribution in [-0.4, -0.2) is 96.7 Å². The van der Waals surface area contributed by atoms with Gasteiger partial charge in [0.05, 0.1) is 26.4 Å². The SMILES string of the molecule is CCCCCCCCCCCCCCCCCCCCCCCCC(=O)O[C@H](COC(=O)CCCCCCCCCCCCCCCCC(C)CC)COP(=O)(O)OC[C@@H](O)COP(=O)(O)OC[C@@H](COC(=O)CCCCCCCCC(C)C)OC(=O)CCCCCCCCCC(C)C. The predicted molar refractivity (Wildman–Crippen MR) is 405 cm³/mol. The van der Waals surface area contributed by atoms with Crippen molar-refractivity contribution in [1.82, 2.24) is 0 Å². The first kappa shape index (κ1) is 97.1. The summed E-state index contributed by atoms with van der Waals surface area (Å²) < 4.78 is 68.6. The van der Waals surface area contributed by atoms with Gasteiger partial charge in [0.2, 0.25) is 0 Å². The summed E-state index contributed by atoms with van der Waals surface area (Å²) in [6.07, 6.45) is 58.8. The highest BCUT2D eigenvalue weighted by atomic mass is 31.2. The van der Waals surface area contributed by atoms with Crippen LogP contribution in [0, 0.1) is 17.8 Å². The molecule has 0 aliphatic heterocycles. The molecule has 99 heavy (non-hydrogen) atoms. The van der Waals surface area contributed by atoms with Gasteiger partial charge in [0.1, 0.15) is 19.3 Å². The number of carbonyl (C=O) groups excluding carboxylic acids is 4. The molecule has 0 radical (unpaired) electrons. The topological polar surface area (TPSA) is 237 Å². The molecular weight excluding hydrogens is 1290 g/mol. The standard InChI is InChI=1S/C80H156O17P2/c1-8-10-11-12-13-14-15-16-17-18-19-20-21-22-23-24-29-32-35-40-49-56-63-79(84)96-75(67-90-77(82)61-54-47-39-34-31-28-26-25-27-30-33-38-46-53-60-73(7)9-2)69-94-98(86,87)92-65-74(81)66-93-99(88,89)95-70-76(68-91-78(83)62-55-48-43-42-45-52-59-72(5)6)97-80(85)64-57-50-41-36-37-44-51-58-71(3)4/h71-76,81H,8-70H2,1-7H3,(H,86,87)(H,88,89)/t73?,74-,75-,76-/m1/s1. The minimum absolute atomic E-state index is 0.102. The number of phosphoric acid groups is 2. The molecule has 588 valence electrons. The van der Waals surface area contributed by atoms with Crippen molar-refractivity contribution in [3.05, 3.63) is 0 Å². The molecule has 19 heteroatoms. The Bertz CT molecular complexity index is 1920. The average molecular weight is 1450 g/mol. The summed E-state index contributed by atoms with van der Waals surface area (Å²) in [5.41, 5.74) is 0. The summed E-state index contributed by atoms with van der Waals surface area (Å²) in [5.74, 6) is 0.105. The van der Waals surface area contributed by atoms with Crippen LogP contribution >= 0.6 is 15.6 Å². The van der Waals surface area contributed by atoms with E-state index < -0.39 is 97.5 Å². The van der Waals surface area contributed by atoms with Crippen molar-refractivity contribution in [1.29, 1.82) is 0 Å². The van der Waals surface area contributed by atoms with Crippen molar-refractivity contribution in [2.24, 2.45) is 17.8 Å². The van der Waals surface area contributed by atoms with Crippen LogP contribution in [0.2, 0.25) is 0 Å². The fourth-order valence-corrected chi connectivity index (χ4v) is 13.9. The molecular formula is C80H156O17P2. The molecule has 0 aliphatic carbocycles. The highest BCUT2D eigenvalue weighted by Gasteiger charge is 2.30. The maximum absolute atomic E-state index is 13.1. The summed E-state index contributed by atoms with van der Waals surface area (Å²) in [6.45, 7) is 11.8. The first-order valence-electron chi connectivity index (χ1n) is 41.4. The quantitative estimate of drug-likeness (QED) is 0.0222. The molecule has 0 aliphatic rings. The zero-order valence-corrected chi connectivity index (χ0v) is 66.8. The third kappa shape index (κ3) is 72.8. The third-order valence-corrected chi connectivity index (χ3v) is 20.9. The minimum Gasteiger partial charge on any atom is -0.462 e. The maximum atomic E-state index is 13.1. The lowest BCUT2D eigenvalue weighted by molar-refractivity contribution is -0.161. The van der Waals surface area contributed by atoms with Gasteiger partial charge in [-0.15, -0.1) is 0 Å². The molecule has 0 aromatic heterocycles. The number of ether oxygens (including phenoxy) is 4. The van der Waals surface area contributed by atoms with Crippen molar-refractivity contribution in [2.45, 2.75) is 433 Å². The number of rotatable bonds is 78. The van der Waals surface area contributed by atoms with Gasteiger partial charge in [0, 0.05) is 25.7 Å². The number of carbonyl (C=O) groups is 4. The lowest BCUT2D eigenvalue weighted by Crippen LogP contribution is -2.30. The van der Waals surface area contributed by atoms with E-state index in [1.165, 1.54) is 218 Å². The zero-order chi connectivity index (χ0) is 73.0. The Morgan fingerprint density at radius 1 is 0.293 bits per heavy atom. The van der Waals surface area contributed by atoms with E-state index in [1.807, 2.05) is 0 Å².